The quantitative estimate of drug-likeness (QED) is 0.386. The van der Waals surface area contributed by atoms with E-state index in [2.05, 4.69) is 4.98 Å². The maximum absolute atomic E-state index is 6.44. The van der Waals surface area contributed by atoms with Crippen molar-refractivity contribution in [2.75, 3.05) is 14.2 Å². The van der Waals surface area contributed by atoms with Crippen LogP contribution < -0.4 is 9.47 Å². The molecule has 0 saturated carbocycles. The fraction of sp³-hybridized carbons (Fsp3) is 0.0870. The summed E-state index contributed by atoms with van der Waals surface area (Å²) in [5, 5.41) is 0.947. The first-order valence-electron chi connectivity index (χ1n) is 8.94. The Morgan fingerprint density at radius 3 is 1.93 bits per heavy atom. The van der Waals surface area contributed by atoms with E-state index in [9.17, 15) is 0 Å². The van der Waals surface area contributed by atoms with Crippen molar-refractivity contribution < 1.29 is 9.47 Å². The van der Waals surface area contributed by atoms with Gasteiger partial charge in [0.2, 0.25) is 0 Å². The number of imidazole rings is 1. The minimum absolute atomic E-state index is 0.463. The number of benzene rings is 3. The standard InChI is InChI=1S/C23H18Cl2N2O2/c1-28-16-10-6-14(7-11-16)21-22(15-8-12-17(29-2)13-9-15)27-23(26-21)18-4-3-5-19(24)20(18)25/h3-13H,1-2H3,(H,26,27). The average Bonchev–Trinajstić information content (AvgIpc) is 3.21. The Kier molecular flexibility index (Phi) is 5.47. The molecule has 29 heavy (non-hydrogen) atoms. The molecular formula is C23H18Cl2N2O2. The lowest BCUT2D eigenvalue weighted by molar-refractivity contribution is 0.414. The lowest BCUT2D eigenvalue weighted by atomic mass is 10.0. The first-order chi connectivity index (χ1) is 14.1. The first-order valence-corrected chi connectivity index (χ1v) is 9.69. The van der Waals surface area contributed by atoms with Gasteiger partial charge in [0.25, 0.3) is 0 Å². The first kappa shape index (κ1) is 19.4. The molecule has 3 aromatic carbocycles. The molecule has 0 radical (unpaired) electrons. The number of rotatable bonds is 5. The summed E-state index contributed by atoms with van der Waals surface area (Å²) in [6.45, 7) is 0. The Hall–Kier alpha value is -2.95. The number of hydrogen-bond donors (Lipinski definition) is 1. The summed E-state index contributed by atoms with van der Waals surface area (Å²) in [4.78, 5) is 8.28. The molecule has 0 atom stereocenters. The summed E-state index contributed by atoms with van der Waals surface area (Å²) in [5.74, 6) is 2.22. The Morgan fingerprint density at radius 2 is 1.34 bits per heavy atom. The van der Waals surface area contributed by atoms with Crippen molar-refractivity contribution in [3.63, 3.8) is 0 Å². The molecule has 1 aromatic heterocycles. The van der Waals surface area contributed by atoms with E-state index in [1.54, 1.807) is 20.3 Å². The lowest BCUT2D eigenvalue weighted by Gasteiger charge is -2.06. The van der Waals surface area contributed by atoms with Crippen molar-refractivity contribution in [3.8, 4) is 45.4 Å². The number of H-pyrrole nitrogens is 1. The van der Waals surface area contributed by atoms with Gasteiger partial charge in [-0.05, 0) is 60.7 Å². The van der Waals surface area contributed by atoms with Crippen molar-refractivity contribution in [1.29, 1.82) is 0 Å². The van der Waals surface area contributed by atoms with E-state index in [1.807, 2.05) is 60.7 Å². The van der Waals surface area contributed by atoms with Gasteiger partial charge in [0.05, 0.1) is 35.7 Å². The van der Waals surface area contributed by atoms with Crippen molar-refractivity contribution >= 4 is 23.2 Å². The molecule has 0 unspecified atom stereocenters. The van der Waals surface area contributed by atoms with Crippen LogP contribution in [0, 0.1) is 0 Å². The molecule has 1 heterocycles. The number of nitrogens with one attached hydrogen (secondary N) is 1. The van der Waals surface area contributed by atoms with Gasteiger partial charge in [0, 0.05) is 16.7 Å². The molecule has 0 fully saturated rings. The van der Waals surface area contributed by atoms with E-state index < -0.39 is 0 Å². The lowest BCUT2D eigenvalue weighted by Crippen LogP contribution is -1.87. The molecule has 0 aliphatic carbocycles. The van der Waals surface area contributed by atoms with Gasteiger partial charge in [-0.3, -0.25) is 0 Å². The number of aromatic nitrogens is 2. The Balaban J connectivity index is 1.88. The minimum atomic E-state index is 0.463. The molecule has 6 heteroatoms. The molecule has 0 spiro atoms. The van der Waals surface area contributed by atoms with Crippen LogP contribution in [0.3, 0.4) is 0 Å². The van der Waals surface area contributed by atoms with Gasteiger partial charge < -0.3 is 14.5 Å². The van der Waals surface area contributed by atoms with E-state index in [-0.39, 0.29) is 0 Å². The van der Waals surface area contributed by atoms with Crippen LogP contribution in [0.15, 0.2) is 66.7 Å². The van der Waals surface area contributed by atoms with Crippen LogP contribution in [-0.4, -0.2) is 24.2 Å². The fourth-order valence-electron chi connectivity index (χ4n) is 3.11. The van der Waals surface area contributed by atoms with Crippen molar-refractivity contribution in [2.45, 2.75) is 0 Å². The van der Waals surface area contributed by atoms with Crippen molar-refractivity contribution in [1.82, 2.24) is 9.97 Å². The normalized spacial score (nSPS) is 10.8. The molecule has 4 nitrogen and oxygen atoms in total. The van der Waals surface area contributed by atoms with Crippen molar-refractivity contribution in [3.05, 3.63) is 76.8 Å². The molecule has 4 rings (SSSR count). The summed E-state index contributed by atoms with van der Waals surface area (Å²) >= 11 is 12.6. The number of methoxy groups -OCH3 is 2. The van der Waals surface area contributed by atoms with Gasteiger partial charge >= 0.3 is 0 Å². The largest absolute Gasteiger partial charge is 0.497 e. The molecule has 0 aliphatic heterocycles. The predicted octanol–water partition coefficient (Wildman–Crippen LogP) is 6.73. The molecule has 146 valence electrons. The van der Waals surface area contributed by atoms with Gasteiger partial charge in [-0.15, -0.1) is 0 Å². The molecular weight excluding hydrogens is 407 g/mol. The number of hydrogen-bond acceptors (Lipinski definition) is 3. The third kappa shape index (κ3) is 3.82. The summed E-state index contributed by atoms with van der Waals surface area (Å²) in [7, 11) is 3.29. The number of aromatic amines is 1. The van der Waals surface area contributed by atoms with Crippen LogP contribution in [-0.2, 0) is 0 Å². The Labute approximate surface area is 179 Å². The highest BCUT2D eigenvalue weighted by Gasteiger charge is 2.18. The number of nitrogens with zero attached hydrogens (tertiary/aromatic N) is 1. The zero-order valence-electron chi connectivity index (χ0n) is 15.9. The molecule has 1 N–H and O–H groups in total. The predicted molar refractivity (Wildman–Crippen MR) is 118 cm³/mol. The second-order valence-corrected chi connectivity index (χ2v) is 7.15. The van der Waals surface area contributed by atoms with E-state index in [1.165, 1.54) is 0 Å². The van der Waals surface area contributed by atoms with Crippen LogP contribution in [0.5, 0.6) is 11.5 Å². The Bertz CT molecular complexity index is 1070. The van der Waals surface area contributed by atoms with Gasteiger partial charge in [-0.2, -0.15) is 0 Å². The SMILES string of the molecule is COc1ccc(-c2nc(-c3cccc(Cl)c3Cl)[nH]c2-c2ccc(OC)cc2)cc1. The van der Waals surface area contributed by atoms with Gasteiger partial charge in [0.1, 0.15) is 17.3 Å². The summed E-state index contributed by atoms with van der Waals surface area (Å²) in [6, 6.07) is 21.1. The van der Waals surface area contributed by atoms with E-state index in [0.29, 0.717) is 15.9 Å². The zero-order valence-corrected chi connectivity index (χ0v) is 17.4. The molecule has 0 aliphatic rings. The van der Waals surface area contributed by atoms with Gasteiger partial charge in [-0.1, -0.05) is 29.3 Å². The average molecular weight is 425 g/mol. The number of halogens is 2. The highest BCUT2D eigenvalue weighted by molar-refractivity contribution is 6.43. The van der Waals surface area contributed by atoms with Gasteiger partial charge in [-0.25, -0.2) is 4.98 Å². The smallest absolute Gasteiger partial charge is 0.140 e. The topological polar surface area (TPSA) is 47.1 Å². The second kappa shape index (κ2) is 8.19. The second-order valence-electron chi connectivity index (χ2n) is 6.37. The highest BCUT2D eigenvalue weighted by atomic mass is 35.5. The highest BCUT2D eigenvalue weighted by Crippen LogP contribution is 2.37. The molecule has 0 saturated heterocycles. The molecule has 0 amide bonds. The van der Waals surface area contributed by atoms with E-state index in [0.717, 1.165) is 39.6 Å². The van der Waals surface area contributed by atoms with Crippen molar-refractivity contribution in [2.24, 2.45) is 0 Å². The monoisotopic (exact) mass is 424 g/mol. The maximum atomic E-state index is 6.44. The van der Waals surface area contributed by atoms with Crippen LogP contribution in [0.2, 0.25) is 10.0 Å². The summed E-state index contributed by atoms with van der Waals surface area (Å²) < 4.78 is 10.6. The van der Waals surface area contributed by atoms with Crippen LogP contribution in [0.25, 0.3) is 33.9 Å². The summed E-state index contributed by atoms with van der Waals surface area (Å²) in [6.07, 6.45) is 0. The van der Waals surface area contributed by atoms with E-state index in [4.69, 9.17) is 37.7 Å². The fourth-order valence-corrected chi connectivity index (χ4v) is 3.50. The van der Waals surface area contributed by atoms with Gasteiger partial charge in [0.15, 0.2) is 0 Å². The molecule has 0 bridgehead atoms. The van der Waals surface area contributed by atoms with E-state index >= 15 is 0 Å². The zero-order chi connectivity index (χ0) is 20.4. The van der Waals surface area contributed by atoms with Crippen LogP contribution in [0.4, 0.5) is 0 Å². The summed E-state index contributed by atoms with van der Waals surface area (Å²) in [5.41, 5.74) is 4.37. The third-order valence-electron chi connectivity index (χ3n) is 4.65. The molecule has 4 aromatic rings. The van der Waals surface area contributed by atoms with Crippen LogP contribution >= 0.6 is 23.2 Å². The maximum Gasteiger partial charge on any atom is 0.140 e. The Morgan fingerprint density at radius 1 is 0.759 bits per heavy atom. The van der Waals surface area contributed by atoms with Crippen LogP contribution in [0.1, 0.15) is 0 Å². The number of ether oxygens (including phenoxy) is 2. The third-order valence-corrected chi connectivity index (χ3v) is 5.47. The minimum Gasteiger partial charge on any atom is -0.497 e.